The van der Waals surface area contributed by atoms with E-state index in [0.29, 0.717) is 34.8 Å². The average Bonchev–Trinajstić information content (AvgIpc) is 3.52. The van der Waals surface area contributed by atoms with Crippen LogP contribution in [0.25, 0.3) is 11.3 Å². The monoisotopic (exact) mass is 437 g/mol. The van der Waals surface area contributed by atoms with Crippen molar-refractivity contribution in [3.8, 4) is 17.3 Å². The lowest BCUT2D eigenvalue weighted by Gasteiger charge is -2.20. The Bertz CT molecular complexity index is 1100. The molecule has 1 aromatic carbocycles. The topological polar surface area (TPSA) is 112 Å². The standard InChI is InChI=1S/C22H24ClN7O/c1-22(2,12-24)13-26-20(31)15-5-3-14(4-6-15)19-18(23)10-25-21(29-19)28-16-9-27-30(11-16)17-7-8-17/h3-6,9-11,17,20,26,31H,7-8,13H2,1-2H3,(H,25,28,29). The van der Waals surface area contributed by atoms with Crippen molar-refractivity contribution in [1.82, 2.24) is 25.1 Å². The lowest BCUT2D eigenvalue weighted by atomic mass is 9.96. The lowest BCUT2D eigenvalue weighted by Crippen LogP contribution is -2.31. The molecule has 0 bridgehead atoms. The molecule has 1 aliphatic rings. The molecular weight excluding hydrogens is 414 g/mol. The van der Waals surface area contributed by atoms with Gasteiger partial charge in [0, 0.05) is 18.3 Å². The highest BCUT2D eigenvalue weighted by Crippen LogP contribution is 2.35. The number of anilines is 2. The van der Waals surface area contributed by atoms with Gasteiger partial charge in [-0.05, 0) is 32.3 Å². The summed E-state index contributed by atoms with van der Waals surface area (Å²) in [6.07, 6.45) is 6.73. The predicted molar refractivity (Wildman–Crippen MR) is 119 cm³/mol. The molecule has 2 heterocycles. The minimum Gasteiger partial charge on any atom is -0.374 e. The molecule has 1 fully saturated rings. The van der Waals surface area contributed by atoms with Crippen molar-refractivity contribution in [3.63, 3.8) is 0 Å². The third-order valence-electron chi connectivity index (χ3n) is 5.06. The van der Waals surface area contributed by atoms with E-state index in [2.05, 4.69) is 31.8 Å². The largest absolute Gasteiger partial charge is 0.374 e. The van der Waals surface area contributed by atoms with E-state index < -0.39 is 11.6 Å². The molecule has 3 N–H and O–H groups in total. The molecule has 2 aromatic heterocycles. The first kappa shape index (κ1) is 21.2. The van der Waals surface area contributed by atoms with Gasteiger partial charge in [-0.2, -0.15) is 10.4 Å². The normalized spacial score (nSPS) is 14.8. The van der Waals surface area contributed by atoms with Crippen LogP contribution in [0.3, 0.4) is 0 Å². The van der Waals surface area contributed by atoms with E-state index in [9.17, 15) is 5.11 Å². The number of nitrogens with zero attached hydrogens (tertiary/aromatic N) is 5. The van der Waals surface area contributed by atoms with Crippen LogP contribution in [0.5, 0.6) is 0 Å². The molecule has 9 heteroatoms. The van der Waals surface area contributed by atoms with Gasteiger partial charge in [0.25, 0.3) is 0 Å². The van der Waals surface area contributed by atoms with Crippen molar-refractivity contribution >= 4 is 23.2 Å². The molecule has 0 radical (unpaired) electrons. The van der Waals surface area contributed by atoms with E-state index in [-0.39, 0.29) is 0 Å². The summed E-state index contributed by atoms with van der Waals surface area (Å²) < 4.78 is 1.95. The highest BCUT2D eigenvalue weighted by molar-refractivity contribution is 6.32. The van der Waals surface area contributed by atoms with Crippen LogP contribution in [0.2, 0.25) is 5.02 Å². The molecule has 0 aliphatic heterocycles. The quantitative estimate of drug-likeness (QED) is 0.452. The maximum atomic E-state index is 10.4. The van der Waals surface area contributed by atoms with Gasteiger partial charge in [-0.3, -0.25) is 10.00 Å². The zero-order valence-corrected chi connectivity index (χ0v) is 18.1. The first-order chi connectivity index (χ1) is 14.8. The van der Waals surface area contributed by atoms with Gasteiger partial charge in [-0.1, -0.05) is 35.9 Å². The van der Waals surface area contributed by atoms with Crippen molar-refractivity contribution < 1.29 is 5.11 Å². The molecule has 0 saturated heterocycles. The van der Waals surface area contributed by atoms with Gasteiger partial charge in [0.2, 0.25) is 5.95 Å². The smallest absolute Gasteiger partial charge is 0.227 e. The Morgan fingerprint density at radius 1 is 1.29 bits per heavy atom. The van der Waals surface area contributed by atoms with Crippen LogP contribution >= 0.6 is 11.6 Å². The summed E-state index contributed by atoms with van der Waals surface area (Å²) in [7, 11) is 0. The lowest BCUT2D eigenvalue weighted by molar-refractivity contribution is 0.129. The number of halogens is 1. The van der Waals surface area contributed by atoms with Crippen molar-refractivity contribution in [1.29, 1.82) is 5.26 Å². The van der Waals surface area contributed by atoms with E-state index in [1.165, 1.54) is 12.8 Å². The molecule has 1 saturated carbocycles. The molecule has 0 amide bonds. The Hall–Kier alpha value is -2.99. The third kappa shape index (κ3) is 5.20. The Morgan fingerprint density at radius 2 is 2.03 bits per heavy atom. The average molecular weight is 438 g/mol. The second-order valence-electron chi connectivity index (χ2n) is 8.36. The van der Waals surface area contributed by atoms with Crippen LogP contribution in [0, 0.1) is 16.7 Å². The SMILES string of the molecule is CC(C)(C#N)CNC(O)c1ccc(-c2nc(Nc3cnn(C4CC4)c3)ncc2Cl)cc1. The number of aromatic nitrogens is 4. The van der Waals surface area contributed by atoms with Gasteiger partial charge in [-0.25, -0.2) is 9.97 Å². The van der Waals surface area contributed by atoms with Gasteiger partial charge in [0.05, 0.1) is 46.3 Å². The Morgan fingerprint density at radius 3 is 2.71 bits per heavy atom. The fourth-order valence-corrected chi connectivity index (χ4v) is 3.23. The van der Waals surface area contributed by atoms with Crippen molar-refractivity contribution in [3.05, 3.63) is 53.4 Å². The van der Waals surface area contributed by atoms with E-state index >= 15 is 0 Å². The van der Waals surface area contributed by atoms with Crippen LogP contribution in [-0.2, 0) is 0 Å². The molecule has 8 nitrogen and oxygen atoms in total. The highest BCUT2D eigenvalue weighted by Gasteiger charge is 2.24. The van der Waals surface area contributed by atoms with Crippen LogP contribution in [0.4, 0.5) is 11.6 Å². The molecule has 1 atom stereocenters. The fraction of sp³-hybridized carbons (Fsp3) is 0.364. The highest BCUT2D eigenvalue weighted by atomic mass is 35.5. The van der Waals surface area contributed by atoms with Gasteiger partial charge >= 0.3 is 0 Å². The first-order valence-corrected chi connectivity index (χ1v) is 10.5. The summed E-state index contributed by atoms with van der Waals surface area (Å²) in [5.41, 5.74) is 2.35. The van der Waals surface area contributed by atoms with E-state index in [0.717, 1.165) is 11.3 Å². The van der Waals surface area contributed by atoms with Gasteiger partial charge < -0.3 is 10.4 Å². The molecule has 160 valence electrons. The second-order valence-corrected chi connectivity index (χ2v) is 8.76. The Kier molecular flexibility index (Phi) is 5.92. The van der Waals surface area contributed by atoms with Crippen molar-refractivity contribution in [2.45, 2.75) is 39.0 Å². The summed E-state index contributed by atoms with van der Waals surface area (Å²) >= 11 is 6.34. The van der Waals surface area contributed by atoms with Gasteiger partial charge in [0.1, 0.15) is 6.23 Å². The predicted octanol–water partition coefficient (Wildman–Crippen LogP) is 4.20. The number of nitriles is 1. The maximum Gasteiger partial charge on any atom is 0.227 e. The summed E-state index contributed by atoms with van der Waals surface area (Å²) in [6, 6.07) is 10.0. The first-order valence-electron chi connectivity index (χ1n) is 10.1. The Labute approximate surface area is 185 Å². The maximum absolute atomic E-state index is 10.4. The molecule has 1 aliphatic carbocycles. The molecule has 4 rings (SSSR count). The van der Waals surface area contributed by atoms with Gasteiger partial charge in [-0.15, -0.1) is 0 Å². The number of hydrogen-bond donors (Lipinski definition) is 3. The van der Waals surface area contributed by atoms with Crippen LogP contribution in [0.15, 0.2) is 42.9 Å². The number of hydrogen-bond acceptors (Lipinski definition) is 7. The number of rotatable bonds is 8. The summed E-state index contributed by atoms with van der Waals surface area (Å²) in [5, 5.41) is 30.4. The fourth-order valence-electron chi connectivity index (χ4n) is 3.03. The van der Waals surface area contributed by atoms with Crippen LogP contribution in [-0.4, -0.2) is 31.4 Å². The molecule has 0 spiro atoms. The molecular formula is C22H24ClN7O. The van der Waals surface area contributed by atoms with E-state index in [4.69, 9.17) is 16.9 Å². The molecule has 3 aromatic rings. The second kappa shape index (κ2) is 8.63. The minimum atomic E-state index is -0.872. The number of aliphatic hydroxyl groups excluding tert-OH is 1. The molecule has 1 unspecified atom stereocenters. The summed E-state index contributed by atoms with van der Waals surface area (Å²) in [6.45, 7) is 4.00. The van der Waals surface area contributed by atoms with Crippen molar-refractivity contribution in [2.24, 2.45) is 5.41 Å². The van der Waals surface area contributed by atoms with Gasteiger partial charge in [0.15, 0.2) is 0 Å². The Balaban J connectivity index is 1.47. The van der Waals surface area contributed by atoms with Crippen LogP contribution in [0.1, 0.15) is 44.5 Å². The zero-order chi connectivity index (χ0) is 22.0. The number of nitrogens with one attached hydrogen (secondary N) is 2. The van der Waals surface area contributed by atoms with Crippen molar-refractivity contribution in [2.75, 3.05) is 11.9 Å². The number of aliphatic hydroxyl groups is 1. The van der Waals surface area contributed by atoms with E-state index in [1.807, 2.05) is 36.9 Å². The van der Waals surface area contributed by atoms with Crippen LogP contribution < -0.4 is 10.6 Å². The minimum absolute atomic E-state index is 0.372. The number of benzene rings is 1. The zero-order valence-electron chi connectivity index (χ0n) is 17.4. The summed E-state index contributed by atoms with van der Waals surface area (Å²) in [5.74, 6) is 0.430. The molecule has 31 heavy (non-hydrogen) atoms. The van der Waals surface area contributed by atoms with E-state index in [1.54, 1.807) is 24.5 Å². The summed E-state index contributed by atoms with van der Waals surface area (Å²) in [4.78, 5) is 8.82. The third-order valence-corrected chi connectivity index (χ3v) is 5.34.